The highest BCUT2D eigenvalue weighted by atomic mass is 32.2. The zero-order chi connectivity index (χ0) is 13.5. The van der Waals surface area contributed by atoms with Crippen LogP contribution in [0, 0.1) is 5.41 Å². The molecular weight excluding hydrogens is 240 g/mol. The Morgan fingerprint density at radius 1 is 1.53 bits per heavy atom. The number of carboxylic acids is 1. The van der Waals surface area contributed by atoms with E-state index in [-0.39, 0.29) is 12.5 Å². The number of aliphatic carboxylic acids is 1. The van der Waals surface area contributed by atoms with Gasteiger partial charge in [-0.15, -0.1) is 0 Å². The van der Waals surface area contributed by atoms with Crippen molar-refractivity contribution in [3.63, 3.8) is 0 Å². The van der Waals surface area contributed by atoms with Gasteiger partial charge in [-0.3, -0.25) is 9.59 Å². The van der Waals surface area contributed by atoms with Crippen LogP contribution >= 0.6 is 11.8 Å². The Morgan fingerprint density at radius 2 is 2.12 bits per heavy atom. The number of thioether (sulfide) groups is 1. The van der Waals surface area contributed by atoms with E-state index in [1.54, 1.807) is 25.6 Å². The zero-order valence-electron chi connectivity index (χ0n) is 10.7. The average Bonchev–Trinajstić information content (AvgIpc) is 2.31. The maximum atomic E-state index is 11.6. The molecule has 0 aliphatic heterocycles. The van der Waals surface area contributed by atoms with Crippen molar-refractivity contribution in [1.29, 1.82) is 0 Å². The second-order valence-electron chi connectivity index (χ2n) is 4.33. The summed E-state index contributed by atoms with van der Waals surface area (Å²) >= 11 is 1.63. The molecule has 0 fully saturated rings. The summed E-state index contributed by atoms with van der Waals surface area (Å²) in [5.74, 6) is -0.364. The molecule has 6 heteroatoms. The summed E-state index contributed by atoms with van der Waals surface area (Å²) in [6.45, 7) is 3.52. The summed E-state index contributed by atoms with van der Waals surface area (Å²) in [6.07, 6.45) is 3.01. The number of nitrogens with two attached hydrogens (primary N) is 1. The van der Waals surface area contributed by atoms with E-state index in [1.165, 1.54) is 0 Å². The molecule has 2 atom stereocenters. The van der Waals surface area contributed by atoms with Crippen LogP contribution in [0.5, 0.6) is 0 Å². The number of rotatable bonds is 8. The summed E-state index contributed by atoms with van der Waals surface area (Å²) in [5.41, 5.74) is 4.76. The fourth-order valence-electron chi connectivity index (χ4n) is 1.14. The van der Waals surface area contributed by atoms with Crippen molar-refractivity contribution >= 4 is 23.6 Å². The summed E-state index contributed by atoms with van der Waals surface area (Å²) in [6, 6.07) is -0.558. The van der Waals surface area contributed by atoms with Gasteiger partial charge in [-0.05, 0) is 31.8 Å². The number of amides is 1. The van der Waals surface area contributed by atoms with E-state index in [9.17, 15) is 9.59 Å². The van der Waals surface area contributed by atoms with E-state index >= 15 is 0 Å². The second-order valence-corrected chi connectivity index (χ2v) is 5.31. The van der Waals surface area contributed by atoms with Gasteiger partial charge in [-0.25, -0.2) is 0 Å². The molecule has 1 amide bonds. The lowest BCUT2D eigenvalue weighted by Gasteiger charge is -2.24. The first-order valence-electron chi connectivity index (χ1n) is 5.63. The molecule has 0 radical (unpaired) electrons. The van der Waals surface area contributed by atoms with E-state index in [0.717, 1.165) is 5.75 Å². The molecule has 0 aromatic carbocycles. The molecule has 0 aliphatic carbocycles. The largest absolute Gasteiger partial charge is 0.481 e. The summed E-state index contributed by atoms with van der Waals surface area (Å²) in [7, 11) is 0. The maximum absolute atomic E-state index is 11.6. The number of carbonyl (C=O) groups excluding carboxylic acids is 1. The van der Waals surface area contributed by atoms with Crippen molar-refractivity contribution in [2.24, 2.45) is 11.1 Å². The molecule has 0 heterocycles. The Kier molecular flexibility index (Phi) is 7.22. The molecule has 0 bridgehead atoms. The van der Waals surface area contributed by atoms with Gasteiger partial charge < -0.3 is 16.2 Å². The van der Waals surface area contributed by atoms with Crippen LogP contribution in [0.2, 0.25) is 0 Å². The van der Waals surface area contributed by atoms with Crippen molar-refractivity contribution in [3.05, 3.63) is 0 Å². The van der Waals surface area contributed by atoms with Crippen LogP contribution in [-0.2, 0) is 9.59 Å². The summed E-state index contributed by atoms with van der Waals surface area (Å²) in [4.78, 5) is 22.6. The van der Waals surface area contributed by atoms with Crippen molar-refractivity contribution in [1.82, 2.24) is 5.32 Å². The maximum Gasteiger partial charge on any atom is 0.311 e. The lowest BCUT2D eigenvalue weighted by molar-refractivity contribution is -0.148. The number of carboxylic acid groups (broad SMARTS) is 1. The summed E-state index contributed by atoms with van der Waals surface area (Å²) < 4.78 is 0. The minimum atomic E-state index is -0.922. The molecule has 0 rings (SSSR count). The number of nitrogens with one attached hydrogen (secondary N) is 1. The highest BCUT2D eigenvalue weighted by Gasteiger charge is 2.31. The Morgan fingerprint density at radius 3 is 2.53 bits per heavy atom. The first-order valence-corrected chi connectivity index (χ1v) is 7.02. The van der Waals surface area contributed by atoms with Gasteiger partial charge >= 0.3 is 5.97 Å². The van der Waals surface area contributed by atoms with E-state index < -0.39 is 17.4 Å². The van der Waals surface area contributed by atoms with Gasteiger partial charge in [0.15, 0.2) is 0 Å². The minimum absolute atomic E-state index is 0.116. The van der Waals surface area contributed by atoms with Gasteiger partial charge in [0, 0.05) is 6.54 Å². The Balaban J connectivity index is 4.18. The third-order valence-corrected chi connectivity index (χ3v) is 3.56. The zero-order valence-corrected chi connectivity index (χ0v) is 11.5. The van der Waals surface area contributed by atoms with Crippen LogP contribution in [0.15, 0.2) is 0 Å². The van der Waals surface area contributed by atoms with E-state index in [2.05, 4.69) is 5.32 Å². The van der Waals surface area contributed by atoms with Gasteiger partial charge in [0.1, 0.15) is 0 Å². The smallest absolute Gasteiger partial charge is 0.311 e. The van der Waals surface area contributed by atoms with Crippen molar-refractivity contribution < 1.29 is 14.7 Å². The lowest BCUT2D eigenvalue weighted by Crippen LogP contribution is -2.47. The first-order chi connectivity index (χ1) is 7.87. The number of hydrogen-bond acceptors (Lipinski definition) is 4. The fraction of sp³-hybridized carbons (Fsp3) is 0.818. The van der Waals surface area contributed by atoms with Crippen molar-refractivity contribution in [2.75, 3.05) is 18.6 Å². The normalized spacial score (nSPS) is 16.0. The SMILES string of the molecule is CCC(C)(CNC(=O)[C@@H](N)CCSC)C(=O)O. The van der Waals surface area contributed by atoms with E-state index in [0.29, 0.717) is 12.8 Å². The van der Waals surface area contributed by atoms with Crippen LogP contribution in [0.3, 0.4) is 0 Å². The molecule has 17 heavy (non-hydrogen) atoms. The van der Waals surface area contributed by atoms with Gasteiger partial charge in [-0.1, -0.05) is 6.92 Å². The topological polar surface area (TPSA) is 92.4 Å². The summed E-state index contributed by atoms with van der Waals surface area (Å²) in [5, 5.41) is 11.6. The van der Waals surface area contributed by atoms with Crippen molar-refractivity contribution in [3.8, 4) is 0 Å². The van der Waals surface area contributed by atoms with Crippen LogP contribution in [-0.4, -0.2) is 41.6 Å². The van der Waals surface area contributed by atoms with Gasteiger partial charge in [0.05, 0.1) is 11.5 Å². The second kappa shape index (κ2) is 7.55. The Hall–Kier alpha value is -0.750. The molecule has 0 aliphatic rings. The molecule has 1 unspecified atom stereocenters. The van der Waals surface area contributed by atoms with Crippen molar-refractivity contribution in [2.45, 2.75) is 32.7 Å². The lowest BCUT2D eigenvalue weighted by atomic mass is 9.87. The molecular formula is C11H22N2O3S. The molecule has 0 aromatic rings. The molecule has 0 saturated heterocycles. The first kappa shape index (κ1) is 16.2. The molecule has 0 spiro atoms. The third-order valence-electron chi connectivity index (χ3n) is 2.92. The fourth-order valence-corrected chi connectivity index (χ4v) is 1.63. The third kappa shape index (κ3) is 5.41. The Labute approximate surface area is 107 Å². The quantitative estimate of drug-likeness (QED) is 0.598. The van der Waals surface area contributed by atoms with Crippen LogP contribution < -0.4 is 11.1 Å². The minimum Gasteiger partial charge on any atom is -0.481 e. The van der Waals surface area contributed by atoms with E-state index in [4.69, 9.17) is 10.8 Å². The molecule has 4 N–H and O–H groups in total. The molecule has 5 nitrogen and oxygen atoms in total. The monoisotopic (exact) mass is 262 g/mol. The number of carbonyl (C=O) groups is 2. The number of hydrogen-bond donors (Lipinski definition) is 3. The van der Waals surface area contributed by atoms with Crippen LogP contribution in [0.4, 0.5) is 0 Å². The van der Waals surface area contributed by atoms with Gasteiger partial charge in [0.25, 0.3) is 0 Å². The standard InChI is InChI=1S/C11H22N2O3S/c1-4-11(2,10(15)16)7-13-9(14)8(12)5-6-17-3/h8H,4-7,12H2,1-3H3,(H,13,14)(H,15,16)/t8-,11?/m0/s1. The average molecular weight is 262 g/mol. The van der Waals surface area contributed by atoms with Gasteiger partial charge in [-0.2, -0.15) is 11.8 Å². The van der Waals surface area contributed by atoms with Crippen LogP contribution in [0.1, 0.15) is 26.7 Å². The Bertz CT molecular complexity index is 273. The highest BCUT2D eigenvalue weighted by molar-refractivity contribution is 7.98. The highest BCUT2D eigenvalue weighted by Crippen LogP contribution is 2.19. The molecule has 0 aromatic heterocycles. The molecule has 0 saturated carbocycles. The van der Waals surface area contributed by atoms with Crippen LogP contribution in [0.25, 0.3) is 0 Å². The van der Waals surface area contributed by atoms with E-state index in [1.807, 2.05) is 6.26 Å². The predicted molar refractivity (Wildman–Crippen MR) is 70.0 cm³/mol. The molecule has 100 valence electrons. The van der Waals surface area contributed by atoms with Gasteiger partial charge in [0.2, 0.25) is 5.91 Å². The predicted octanol–water partition coefficient (Wildman–Crippen LogP) is 0.684.